The zero-order valence-corrected chi connectivity index (χ0v) is 17.8. The van der Waals surface area contributed by atoms with Crippen LogP contribution in [0.4, 0.5) is 5.82 Å². The second-order valence-electron chi connectivity index (χ2n) is 7.73. The van der Waals surface area contributed by atoms with Crippen molar-refractivity contribution in [3.63, 3.8) is 0 Å². The molecule has 0 amide bonds. The monoisotopic (exact) mass is 411 g/mol. The Balaban J connectivity index is 1.57. The molecule has 2 aromatic rings. The van der Waals surface area contributed by atoms with Crippen molar-refractivity contribution in [3.8, 4) is 0 Å². The lowest BCUT2D eigenvalue weighted by atomic mass is 9.93. The first-order valence-corrected chi connectivity index (χ1v) is 11.5. The van der Waals surface area contributed by atoms with E-state index in [2.05, 4.69) is 19.5 Å². The molecule has 0 radical (unpaired) electrons. The van der Waals surface area contributed by atoms with Gasteiger partial charge in [-0.25, -0.2) is 15.0 Å². The van der Waals surface area contributed by atoms with Crippen LogP contribution < -0.4 is 5.73 Å². The fraction of sp³-hybridized carbons (Fsp3) is 0.722. The number of aromatic nitrogens is 4. The first-order valence-electron chi connectivity index (χ1n) is 9.78. The third kappa shape index (κ3) is 5.08. The highest BCUT2D eigenvalue weighted by molar-refractivity contribution is 7.53. The molecule has 0 unspecified atom stereocenters. The van der Waals surface area contributed by atoms with Gasteiger partial charge >= 0.3 is 7.60 Å². The van der Waals surface area contributed by atoms with Gasteiger partial charge in [0.1, 0.15) is 18.2 Å². The van der Waals surface area contributed by atoms with Crippen molar-refractivity contribution in [3.05, 3.63) is 12.7 Å². The molecular formula is C18H30N5O4P. The summed E-state index contributed by atoms with van der Waals surface area (Å²) >= 11 is 0. The molecule has 0 aliphatic heterocycles. The van der Waals surface area contributed by atoms with Gasteiger partial charge in [-0.2, -0.15) is 0 Å². The van der Waals surface area contributed by atoms with Gasteiger partial charge in [0.25, 0.3) is 0 Å². The van der Waals surface area contributed by atoms with Crippen LogP contribution in [0.2, 0.25) is 0 Å². The minimum absolute atomic E-state index is 0.0174. The maximum absolute atomic E-state index is 12.9. The van der Waals surface area contributed by atoms with Crippen LogP contribution in [0.5, 0.6) is 0 Å². The summed E-state index contributed by atoms with van der Waals surface area (Å²) in [4.78, 5) is 12.7. The van der Waals surface area contributed by atoms with E-state index in [0.717, 1.165) is 31.3 Å². The van der Waals surface area contributed by atoms with Gasteiger partial charge in [0.05, 0.1) is 24.6 Å². The Morgan fingerprint density at radius 1 is 1.11 bits per heavy atom. The molecule has 0 bridgehead atoms. The maximum atomic E-state index is 12.9. The third-order valence-electron chi connectivity index (χ3n) is 4.64. The van der Waals surface area contributed by atoms with Gasteiger partial charge < -0.3 is 24.1 Å². The number of anilines is 1. The summed E-state index contributed by atoms with van der Waals surface area (Å²) in [6.07, 6.45) is 6.43. The van der Waals surface area contributed by atoms with Gasteiger partial charge in [0.15, 0.2) is 11.5 Å². The van der Waals surface area contributed by atoms with E-state index in [9.17, 15) is 4.57 Å². The number of nitrogens with two attached hydrogens (primary N) is 1. The third-order valence-corrected chi connectivity index (χ3v) is 6.59. The standard InChI is InChI=1S/C18H30N5O4P/c1-12(2)26-28(24,27-13(3)4)11-25-15-7-5-14(6-8-15)23-10-22-16-17(19)20-9-21-18(16)23/h9-10,12-15H,5-8,11H2,1-4H3,(H2,19,20,21). The minimum atomic E-state index is -3.27. The van der Waals surface area contributed by atoms with E-state index in [1.54, 1.807) is 6.33 Å². The summed E-state index contributed by atoms with van der Waals surface area (Å²) in [6.45, 7) is 7.36. The summed E-state index contributed by atoms with van der Waals surface area (Å²) < 4.78 is 32.0. The van der Waals surface area contributed by atoms with Crippen molar-refractivity contribution >= 4 is 24.6 Å². The lowest BCUT2D eigenvalue weighted by molar-refractivity contribution is 0.0260. The van der Waals surface area contributed by atoms with Crippen molar-refractivity contribution in [2.45, 2.75) is 77.7 Å². The van der Waals surface area contributed by atoms with Gasteiger partial charge in [-0.3, -0.25) is 4.57 Å². The van der Waals surface area contributed by atoms with Gasteiger partial charge in [0.2, 0.25) is 0 Å². The zero-order valence-electron chi connectivity index (χ0n) is 16.9. The molecule has 156 valence electrons. The highest BCUT2D eigenvalue weighted by Gasteiger charge is 2.31. The normalized spacial score (nSPS) is 21.1. The lowest BCUT2D eigenvalue weighted by Crippen LogP contribution is -2.25. The molecule has 0 atom stereocenters. The summed E-state index contributed by atoms with van der Waals surface area (Å²) in [5.41, 5.74) is 7.27. The van der Waals surface area contributed by atoms with Crippen molar-refractivity contribution in [2.24, 2.45) is 0 Å². The Labute approximate surface area is 165 Å². The van der Waals surface area contributed by atoms with E-state index >= 15 is 0 Å². The van der Waals surface area contributed by atoms with E-state index in [1.807, 2.05) is 27.7 Å². The molecule has 0 aromatic carbocycles. The van der Waals surface area contributed by atoms with Crippen LogP contribution in [-0.2, 0) is 18.3 Å². The number of imidazole rings is 1. The van der Waals surface area contributed by atoms with Crippen LogP contribution in [-0.4, -0.2) is 44.2 Å². The average Bonchev–Trinajstić information content (AvgIpc) is 3.04. The van der Waals surface area contributed by atoms with Crippen molar-refractivity contribution < 1.29 is 18.3 Å². The molecule has 0 saturated heterocycles. The summed E-state index contributed by atoms with van der Waals surface area (Å²) in [6, 6.07) is 0.282. The highest BCUT2D eigenvalue weighted by Crippen LogP contribution is 2.51. The Kier molecular flexibility index (Phi) is 6.70. The fourth-order valence-electron chi connectivity index (χ4n) is 3.55. The van der Waals surface area contributed by atoms with Gasteiger partial charge in [0, 0.05) is 6.04 Å². The van der Waals surface area contributed by atoms with Crippen molar-refractivity contribution in [1.29, 1.82) is 0 Å². The van der Waals surface area contributed by atoms with E-state index < -0.39 is 7.60 Å². The molecule has 28 heavy (non-hydrogen) atoms. The van der Waals surface area contributed by atoms with Crippen LogP contribution in [0.15, 0.2) is 12.7 Å². The number of hydrogen-bond acceptors (Lipinski definition) is 8. The molecule has 2 aromatic heterocycles. The molecule has 10 heteroatoms. The Bertz CT molecular complexity index is 818. The fourth-order valence-corrected chi connectivity index (χ4v) is 5.40. The summed E-state index contributed by atoms with van der Waals surface area (Å²) in [7, 11) is -3.27. The van der Waals surface area contributed by atoms with Crippen molar-refractivity contribution in [1.82, 2.24) is 19.5 Å². The van der Waals surface area contributed by atoms with Crippen LogP contribution >= 0.6 is 7.60 Å². The zero-order chi connectivity index (χ0) is 20.3. The molecule has 3 rings (SSSR count). The van der Waals surface area contributed by atoms with E-state index in [0.29, 0.717) is 11.3 Å². The second-order valence-corrected chi connectivity index (χ2v) is 9.63. The van der Waals surface area contributed by atoms with Gasteiger partial charge in [-0.05, 0) is 53.4 Å². The summed E-state index contributed by atoms with van der Waals surface area (Å²) in [5.74, 6) is 0.395. The van der Waals surface area contributed by atoms with Crippen molar-refractivity contribution in [2.75, 3.05) is 12.1 Å². The molecule has 1 saturated carbocycles. The number of fused-ring (bicyclic) bond motifs is 1. The molecule has 1 fully saturated rings. The van der Waals surface area contributed by atoms with E-state index in [4.69, 9.17) is 19.5 Å². The van der Waals surface area contributed by atoms with Crippen LogP contribution in [0.25, 0.3) is 11.2 Å². The number of rotatable bonds is 8. The van der Waals surface area contributed by atoms with Gasteiger partial charge in [-0.1, -0.05) is 0 Å². The average molecular weight is 411 g/mol. The lowest BCUT2D eigenvalue weighted by Gasteiger charge is -2.31. The Hall–Kier alpha value is -1.54. The Morgan fingerprint density at radius 3 is 2.36 bits per heavy atom. The summed E-state index contributed by atoms with van der Waals surface area (Å²) in [5, 5.41) is 0. The largest absolute Gasteiger partial charge is 0.382 e. The molecule has 1 aliphatic rings. The second kappa shape index (κ2) is 8.86. The predicted molar refractivity (Wildman–Crippen MR) is 107 cm³/mol. The predicted octanol–water partition coefficient (Wildman–Crippen LogP) is 3.91. The molecule has 1 aliphatic carbocycles. The molecule has 0 spiro atoms. The van der Waals surface area contributed by atoms with Gasteiger partial charge in [-0.15, -0.1) is 0 Å². The maximum Gasteiger partial charge on any atom is 0.356 e. The van der Waals surface area contributed by atoms with E-state index in [1.165, 1.54) is 6.33 Å². The number of hydrogen-bond donors (Lipinski definition) is 1. The van der Waals surface area contributed by atoms with E-state index in [-0.39, 0.29) is 30.7 Å². The minimum Gasteiger partial charge on any atom is -0.382 e. The quantitative estimate of drug-likeness (QED) is 0.650. The van der Waals surface area contributed by atoms with Crippen LogP contribution in [0.1, 0.15) is 59.4 Å². The first kappa shape index (κ1) is 21.2. The molecular weight excluding hydrogens is 381 g/mol. The van der Waals surface area contributed by atoms with Crippen LogP contribution in [0, 0.1) is 0 Å². The number of nitrogens with zero attached hydrogens (tertiary/aromatic N) is 4. The number of ether oxygens (including phenoxy) is 1. The molecule has 2 N–H and O–H groups in total. The SMILES string of the molecule is CC(C)OP(=O)(COC1CCC(n2cnc3c(N)ncnc32)CC1)OC(C)C. The molecule has 2 heterocycles. The van der Waals surface area contributed by atoms with Crippen LogP contribution in [0.3, 0.4) is 0 Å². The molecule has 9 nitrogen and oxygen atoms in total. The topological polar surface area (TPSA) is 114 Å². The highest BCUT2D eigenvalue weighted by atomic mass is 31.2. The Morgan fingerprint density at radius 2 is 1.75 bits per heavy atom. The smallest absolute Gasteiger partial charge is 0.356 e. The number of nitrogen functional groups attached to an aromatic ring is 1. The first-order chi connectivity index (χ1) is 13.3.